The maximum atomic E-state index is 4.25. The van der Waals surface area contributed by atoms with E-state index in [1.54, 1.807) is 0 Å². The summed E-state index contributed by atoms with van der Waals surface area (Å²) in [5, 5.41) is 15.6. The molecule has 0 spiro atoms. The van der Waals surface area contributed by atoms with Gasteiger partial charge in [0.15, 0.2) is 11.5 Å². The minimum Gasteiger partial charge on any atom is -0.314 e. The molecule has 1 aliphatic rings. The highest BCUT2D eigenvalue weighted by atomic mass is 15.3. The van der Waals surface area contributed by atoms with Crippen LogP contribution < -0.4 is 10.6 Å². The van der Waals surface area contributed by atoms with E-state index in [1.807, 2.05) is 28.8 Å². The molecule has 5 nitrogen and oxygen atoms in total. The van der Waals surface area contributed by atoms with Gasteiger partial charge in [-0.2, -0.15) is 0 Å². The van der Waals surface area contributed by atoms with Crippen molar-refractivity contribution in [2.45, 2.75) is 51.2 Å². The maximum Gasteiger partial charge on any atom is 0.160 e. The highest BCUT2D eigenvalue weighted by molar-refractivity contribution is 5.36. The van der Waals surface area contributed by atoms with Crippen molar-refractivity contribution in [3.8, 4) is 0 Å². The number of rotatable bonds is 5. The van der Waals surface area contributed by atoms with Crippen LogP contribution in [0.1, 0.15) is 38.4 Å². The van der Waals surface area contributed by atoms with Crippen molar-refractivity contribution in [1.82, 2.24) is 25.2 Å². The smallest absolute Gasteiger partial charge is 0.160 e. The number of aromatic nitrogens is 3. The fraction of sp³-hybridized carbons (Fsp3) is 0.600. The molecule has 0 radical (unpaired) electrons. The standard InChI is InChI=1S/C15H23N5/c1-12(10-13-6-2-4-8-16-13)17-11-15-19-18-14-7-3-5-9-20(14)15/h3,5,7,9,12-13,16-17H,2,4,6,8,10-11H2,1H3. The summed E-state index contributed by atoms with van der Waals surface area (Å²) in [6.07, 6.45) is 7.18. The average molecular weight is 273 g/mol. The fourth-order valence-corrected chi connectivity index (χ4v) is 2.91. The molecule has 0 aliphatic carbocycles. The fourth-order valence-electron chi connectivity index (χ4n) is 2.91. The number of hydrogen-bond donors (Lipinski definition) is 2. The molecular weight excluding hydrogens is 250 g/mol. The van der Waals surface area contributed by atoms with E-state index in [4.69, 9.17) is 0 Å². The van der Waals surface area contributed by atoms with Crippen molar-refractivity contribution < 1.29 is 0 Å². The van der Waals surface area contributed by atoms with Crippen molar-refractivity contribution in [2.75, 3.05) is 6.54 Å². The summed E-state index contributed by atoms with van der Waals surface area (Å²) in [6, 6.07) is 7.13. The zero-order valence-electron chi connectivity index (χ0n) is 12.0. The van der Waals surface area contributed by atoms with Crippen molar-refractivity contribution in [3.05, 3.63) is 30.2 Å². The molecule has 3 heterocycles. The molecule has 2 aromatic heterocycles. The van der Waals surface area contributed by atoms with Crippen molar-refractivity contribution in [3.63, 3.8) is 0 Å². The molecule has 3 rings (SSSR count). The molecule has 1 saturated heterocycles. The van der Waals surface area contributed by atoms with Gasteiger partial charge in [-0.15, -0.1) is 10.2 Å². The average Bonchev–Trinajstić information content (AvgIpc) is 2.89. The number of piperidine rings is 1. The van der Waals surface area contributed by atoms with E-state index >= 15 is 0 Å². The molecule has 108 valence electrons. The largest absolute Gasteiger partial charge is 0.314 e. The van der Waals surface area contributed by atoms with Gasteiger partial charge in [-0.05, 0) is 44.9 Å². The summed E-state index contributed by atoms with van der Waals surface area (Å²) >= 11 is 0. The second kappa shape index (κ2) is 6.33. The van der Waals surface area contributed by atoms with Gasteiger partial charge in [0.1, 0.15) is 0 Å². The zero-order valence-corrected chi connectivity index (χ0v) is 12.0. The number of fused-ring (bicyclic) bond motifs is 1. The van der Waals surface area contributed by atoms with Crippen LogP contribution in [0.3, 0.4) is 0 Å². The predicted molar refractivity (Wildman–Crippen MR) is 79.5 cm³/mol. The Morgan fingerprint density at radius 2 is 2.35 bits per heavy atom. The van der Waals surface area contributed by atoms with Gasteiger partial charge in [0.25, 0.3) is 0 Å². The third-order valence-electron chi connectivity index (χ3n) is 4.04. The summed E-state index contributed by atoms with van der Waals surface area (Å²) in [5.41, 5.74) is 0.908. The molecule has 2 atom stereocenters. The topological polar surface area (TPSA) is 54.2 Å². The van der Waals surface area contributed by atoms with E-state index in [0.29, 0.717) is 12.1 Å². The molecule has 2 N–H and O–H groups in total. The zero-order chi connectivity index (χ0) is 13.8. The van der Waals surface area contributed by atoms with Gasteiger partial charge in [-0.25, -0.2) is 0 Å². The Balaban J connectivity index is 1.53. The molecular formula is C15H23N5. The first-order valence-corrected chi connectivity index (χ1v) is 7.58. The lowest BCUT2D eigenvalue weighted by Crippen LogP contribution is -2.39. The van der Waals surface area contributed by atoms with E-state index in [-0.39, 0.29) is 0 Å². The van der Waals surface area contributed by atoms with Gasteiger partial charge in [0.05, 0.1) is 6.54 Å². The lowest BCUT2D eigenvalue weighted by atomic mass is 9.99. The molecule has 20 heavy (non-hydrogen) atoms. The number of nitrogens with zero attached hydrogens (tertiary/aromatic N) is 3. The molecule has 1 fully saturated rings. The van der Waals surface area contributed by atoms with Gasteiger partial charge >= 0.3 is 0 Å². The van der Waals surface area contributed by atoms with Crippen LogP contribution in [-0.4, -0.2) is 33.2 Å². The SMILES string of the molecule is CC(CC1CCCCN1)NCc1nnc2ccccn12. The molecule has 5 heteroatoms. The highest BCUT2D eigenvalue weighted by Crippen LogP contribution is 2.12. The molecule has 0 bridgehead atoms. The number of nitrogens with one attached hydrogen (secondary N) is 2. The van der Waals surface area contributed by atoms with E-state index in [1.165, 1.54) is 32.2 Å². The van der Waals surface area contributed by atoms with Crippen molar-refractivity contribution in [2.24, 2.45) is 0 Å². The van der Waals surface area contributed by atoms with Gasteiger partial charge in [-0.3, -0.25) is 4.40 Å². The Hall–Kier alpha value is -1.46. The third-order valence-corrected chi connectivity index (χ3v) is 4.04. The van der Waals surface area contributed by atoms with Crippen molar-refractivity contribution in [1.29, 1.82) is 0 Å². The van der Waals surface area contributed by atoms with Crippen LogP contribution in [0.5, 0.6) is 0 Å². The molecule has 2 aromatic rings. The van der Waals surface area contributed by atoms with Crippen LogP contribution in [0.4, 0.5) is 0 Å². The predicted octanol–water partition coefficient (Wildman–Crippen LogP) is 1.74. The van der Waals surface area contributed by atoms with Gasteiger partial charge in [0.2, 0.25) is 0 Å². The van der Waals surface area contributed by atoms with Gasteiger partial charge in [0, 0.05) is 18.3 Å². The summed E-state index contributed by atoms with van der Waals surface area (Å²) in [5.74, 6) is 0.976. The normalized spacial score (nSPS) is 21.1. The first-order chi connectivity index (χ1) is 9.83. The summed E-state index contributed by atoms with van der Waals surface area (Å²) in [4.78, 5) is 0. The first-order valence-electron chi connectivity index (χ1n) is 7.58. The number of pyridine rings is 1. The van der Waals surface area contributed by atoms with Gasteiger partial charge in [-0.1, -0.05) is 12.5 Å². The van der Waals surface area contributed by atoms with Crippen molar-refractivity contribution >= 4 is 5.65 Å². The number of hydrogen-bond acceptors (Lipinski definition) is 4. The Morgan fingerprint density at radius 1 is 1.40 bits per heavy atom. The lowest BCUT2D eigenvalue weighted by molar-refractivity contribution is 0.343. The Morgan fingerprint density at radius 3 is 3.20 bits per heavy atom. The molecule has 1 aliphatic heterocycles. The van der Waals surface area contributed by atoms with Gasteiger partial charge < -0.3 is 10.6 Å². The minimum absolute atomic E-state index is 0.488. The van der Waals surface area contributed by atoms with Crippen LogP contribution in [0.2, 0.25) is 0 Å². The van der Waals surface area contributed by atoms with Crippen LogP contribution in [-0.2, 0) is 6.54 Å². The first kappa shape index (κ1) is 13.5. The summed E-state index contributed by atoms with van der Waals surface area (Å²) in [6.45, 7) is 4.19. The van der Waals surface area contributed by atoms with E-state index in [9.17, 15) is 0 Å². The van der Waals surface area contributed by atoms with Crippen LogP contribution in [0, 0.1) is 0 Å². The molecule has 0 amide bonds. The van der Waals surface area contributed by atoms with E-state index in [0.717, 1.165) is 18.0 Å². The third kappa shape index (κ3) is 3.16. The Kier molecular flexibility index (Phi) is 4.28. The van der Waals surface area contributed by atoms with E-state index in [2.05, 4.69) is 27.8 Å². The monoisotopic (exact) mass is 273 g/mol. The van der Waals surface area contributed by atoms with Crippen LogP contribution in [0.15, 0.2) is 24.4 Å². The highest BCUT2D eigenvalue weighted by Gasteiger charge is 2.16. The Bertz CT molecular complexity index is 544. The molecule has 0 aromatic carbocycles. The van der Waals surface area contributed by atoms with E-state index < -0.39 is 0 Å². The Labute approximate surface area is 119 Å². The van der Waals surface area contributed by atoms with Crippen LogP contribution in [0.25, 0.3) is 5.65 Å². The molecule has 2 unspecified atom stereocenters. The minimum atomic E-state index is 0.488. The second-order valence-corrected chi connectivity index (χ2v) is 5.71. The summed E-state index contributed by atoms with van der Waals surface area (Å²) < 4.78 is 2.04. The second-order valence-electron chi connectivity index (χ2n) is 5.71. The summed E-state index contributed by atoms with van der Waals surface area (Å²) in [7, 11) is 0. The molecule has 0 saturated carbocycles. The quantitative estimate of drug-likeness (QED) is 0.871. The lowest BCUT2D eigenvalue weighted by Gasteiger charge is -2.26. The maximum absolute atomic E-state index is 4.25. The van der Waals surface area contributed by atoms with Crippen LogP contribution >= 0.6 is 0 Å².